The van der Waals surface area contributed by atoms with Crippen molar-refractivity contribution in [1.29, 1.82) is 0 Å². The monoisotopic (exact) mass is 430 g/mol. The summed E-state index contributed by atoms with van der Waals surface area (Å²) in [4.78, 5) is 22.3. The summed E-state index contributed by atoms with van der Waals surface area (Å²) in [6, 6.07) is 17.2. The third kappa shape index (κ3) is 4.95. The van der Waals surface area contributed by atoms with E-state index in [9.17, 15) is 14.9 Å². The minimum atomic E-state index is -0.556. The molecule has 0 bridgehead atoms. The normalized spacial score (nSPS) is 10.4. The van der Waals surface area contributed by atoms with Crippen LogP contribution in [0.15, 0.2) is 69.6 Å². The maximum Gasteiger partial charge on any atom is 0.310 e. The molecule has 2 aromatic carbocycles. The summed E-state index contributed by atoms with van der Waals surface area (Å²) in [6.45, 7) is -0.138. The lowest BCUT2D eigenvalue weighted by Crippen LogP contribution is -2.28. The Morgan fingerprint density at radius 1 is 1.11 bits per heavy atom. The first-order chi connectivity index (χ1) is 13.0. The molecule has 8 heteroatoms. The average Bonchev–Trinajstić information content (AvgIpc) is 3.14. The second kappa shape index (κ2) is 8.50. The highest BCUT2D eigenvalue weighted by molar-refractivity contribution is 9.10. The molecule has 3 rings (SSSR count). The van der Waals surface area contributed by atoms with Gasteiger partial charge in [-0.1, -0.05) is 40.2 Å². The Morgan fingerprint density at radius 3 is 2.59 bits per heavy atom. The summed E-state index contributed by atoms with van der Waals surface area (Å²) < 4.78 is 11.9. The predicted molar refractivity (Wildman–Crippen MR) is 102 cm³/mol. The summed E-state index contributed by atoms with van der Waals surface area (Å²) in [6.07, 6.45) is 0. The number of carbonyl (C=O) groups is 1. The number of hydrogen-bond acceptors (Lipinski definition) is 5. The van der Waals surface area contributed by atoms with E-state index in [2.05, 4.69) is 21.2 Å². The Kier molecular flexibility index (Phi) is 5.87. The van der Waals surface area contributed by atoms with Crippen molar-refractivity contribution in [3.8, 4) is 17.1 Å². The van der Waals surface area contributed by atoms with E-state index in [-0.39, 0.29) is 24.6 Å². The molecular formula is C19H15BrN2O5. The van der Waals surface area contributed by atoms with E-state index in [1.807, 2.05) is 30.3 Å². The lowest BCUT2D eigenvalue weighted by molar-refractivity contribution is -0.385. The van der Waals surface area contributed by atoms with Crippen LogP contribution in [0.1, 0.15) is 5.76 Å². The third-order valence-electron chi connectivity index (χ3n) is 3.67. The highest BCUT2D eigenvalue weighted by Gasteiger charge is 2.15. The van der Waals surface area contributed by atoms with Crippen molar-refractivity contribution in [2.24, 2.45) is 0 Å². The molecular weight excluding hydrogens is 416 g/mol. The SMILES string of the molecule is O=C(COc1ccccc1[N+](=O)[O-])NCc1ccc(-c2ccc(Br)cc2)o1. The van der Waals surface area contributed by atoms with E-state index in [0.717, 1.165) is 10.0 Å². The third-order valence-corrected chi connectivity index (χ3v) is 4.20. The number of nitro benzene ring substituents is 1. The van der Waals surface area contributed by atoms with E-state index in [0.29, 0.717) is 11.5 Å². The number of nitrogens with zero attached hydrogens (tertiary/aromatic N) is 1. The van der Waals surface area contributed by atoms with Crippen LogP contribution < -0.4 is 10.1 Å². The van der Waals surface area contributed by atoms with Gasteiger partial charge in [-0.25, -0.2) is 0 Å². The number of para-hydroxylation sites is 2. The van der Waals surface area contributed by atoms with Crippen LogP contribution >= 0.6 is 15.9 Å². The number of furan rings is 1. The lowest BCUT2D eigenvalue weighted by atomic mass is 10.2. The highest BCUT2D eigenvalue weighted by Crippen LogP contribution is 2.26. The zero-order valence-corrected chi connectivity index (χ0v) is 15.6. The molecule has 0 unspecified atom stereocenters. The summed E-state index contributed by atoms with van der Waals surface area (Å²) in [7, 11) is 0. The van der Waals surface area contributed by atoms with Crippen LogP contribution in [0.4, 0.5) is 5.69 Å². The molecule has 1 N–H and O–H groups in total. The summed E-state index contributed by atoms with van der Waals surface area (Å²) in [5, 5.41) is 13.6. The summed E-state index contributed by atoms with van der Waals surface area (Å²) in [5.74, 6) is 0.929. The van der Waals surface area contributed by atoms with Gasteiger partial charge in [0.25, 0.3) is 5.91 Å². The Labute approximate surface area is 163 Å². The van der Waals surface area contributed by atoms with E-state index < -0.39 is 10.8 Å². The van der Waals surface area contributed by atoms with Crippen molar-refractivity contribution in [2.45, 2.75) is 6.54 Å². The number of carbonyl (C=O) groups excluding carboxylic acids is 1. The zero-order valence-electron chi connectivity index (χ0n) is 14.1. The highest BCUT2D eigenvalue weighted by atomic mass is 79.9. The van der Waals surface area contributed by atoms with E-state index >= 15 is 0 Å². The zero-order chi connectivity index (χ0) is 19.2. The molecule has 0 aliphatic carbocycles. The minimum absolute atomic E-state index is 0.0492. The van der Waals surface area contributed by atoms with Crippen LogP contribution in [0.3, 0.4) is 0 Å². The van der Waals surface area contributed by atoms with Crippen molar-refractivity contribution in [3.63, 3.8) is 0 Å². The van der Waals surface area contributed by atoms with Crippen molar-refractivity contribution in [2.75, 3.05) is 6.61 Å². The van der Waals surface area contributed by atoms with Gasteiger partial charge in [-0.2, -0.15) is 0 Å². The molecule has 0 saturated carbocycles. The molecule has 7 nitrogen and oxygen atoms in total. The molecule has 1 heterocycles. The van der Waals surface area contributed by atoms with Crippen LogP contribution in [0.25, 0.3) is 11.3 Å². The number of hydrogen-bond donors (Lipinski definition) is 1. The number of amides is 1. The topological polar surface area (TPSA) is 94.6 Å². The first kappa shape index (κ1) is 18.7. The van der Waals surface area contributed by atoms with Gasteiger partial charge in [0.2, 0.25) is 0 Å². The molecule has 27 heavy (non-hydrogen) atoms. The number of benzene rings is 2. The van der Waals surface area contributed by atoms with Crippen LogP contribution in [0, 0.1) is 10.1 Å². The lowest BCUT2D eigenvalue weighted by Gasteiger charge is -2.07. The van der Waals surface area contributed by atoms with Gasteiger partial charge in [-0.3, -0.25) is 14.9 Å². The average molecular weight is 431 g/mol. The standard InChI is InChI=1S/C19H15BrN2O5/c20-14-7-5-13(6-8-14)17-10-9-15(27-17)11-21-19(23)12-26-18-4-2-1-3-16(18)22(24)25/h1-10H,11-12H2,(H,21,23). The van der Waals surface area contributed by atoms with Gasteiger partial charge in [-0.05, 0) is 30.3 Å². The number of nitro groups is 1. The quantitative estimate of drug-likeness (QED) is 0.444. The maximum atomic E-state index is 11.9. The Morgan fingerprint density at radius 2 is 1.85 bits per heavy atom. The first-order valence-corrected chi connectivity index (χ1v) is 8.80. The van der Waals surface area contributed by atoms with Gasteiger partial charge in [0.05, 0.1) is 11.5 Å². The maximum absolute atomic E-state index is 11.9. The molecule has 0 fully saturated rings. The number of nitrogens with one attached hydrogen (secondary N) is 1. The largest absolute Gasteiger partial charge is 0.477 e. The molecule has 0 saturated heterocycles. The molecule has 0 spiro atoms. The van der Waals surface area contributed by atoms with Gasteiger partial charge >= 0.3 is 5.69 Å². The van der Waals surface area contributed by atoms with Gasteiger partial charge in [0.15, 0.2) is 12.4 Å². The van der Waals surface area contributed by atoms with E-state index in [4.69, 9.17) is 9.15 Å². The van der Waals surface area contributed by atoms with Gasteiger partial charge in [0, 0.05) is 16.1 Å². The minimum Gasteiger partial charge on any atom is -0.477 e. The molecule has 0 aliphatic rings. The Hall–Kier alpha value is -3.13. The fourth-order valence-electron chi connectivity index (χ4n) is 2.35. The van der Waals surface area contributed by atoms with Crippen molar-refractivity contribution < 1.29 is 18.9 Å². The number of rotatable bonds is 7. The molecule has 1 aromatic heterocycles. The molecule has 3 aromatic rings. The predicted octanol–water partition coefficient (Wildman–Crippen LogP) is 4.31. The fourth-order valence-corrected chi connectivity index (χ4v) is 2.62. The number of ether oxygens (including phenoxy) is 1. The number of halogens is 1. The second-order valence-electron chi connectivity index (χ2n) is 5.56. The van der Waals surface area contributed by atoms with Crippen molar-refractivity contribution in [1.82, 2.24) is 5.32 Å². The van der Waals surface area contributed by atoms with Crippen molar-refractivity contribution in [3.05, 3.63) is 81.0 Å². The van der Waals surface area contributed by atoms with Crippen molar-refractivity contribution >= 4 is 27.5 Å². The Balaban J connectivity index is 1.53. The summed E-state index contributed by atoms with van der Waals surface area (Å²) >= 11 is 3.38. The summed E-state index contributed by atoms with van der Waals surface area (Å²) in [5.41, 5.74) is 0.742. The van der Waals surface area contributed by atoms with Crippen LogP contribution in [-0.4, -0.2) is 17.4 Å². The van der Waals surface area contributed by atoms with Gasteiger partial charge in [0.1, 0.15) is 11.5 Å². The Bertz CT molecular complexity index is 953. The van der Waals surface area contributed by atoms with Crippen LogP contribution in [-0.2, 0) is 11.3 Å². The fraction of sp³-hybridized carbons (Fsp3) is 0.105. The molecule has 138 valence electrons. The van der Waals surface area contributed by atoms with Gasteiger partial charge < -0.3 is 14.5 Å². The second-order valence-corrected chi connectivity index (χ2v) is 6.48. The molecule has 1 amide bonds. The first-order valence-electron chi connectivity index (χ1n) is 8.00. The smallest absolute Gasteiger partial charge is 0.310 e. The van der Waals surface area contributed by atoms with E-state index in [1.165, 1.54) is 18.2 Å². The molecule has 0 aliphatic heterocycles. The molecule has 0 atom stereocenters. The van der Waals surface area contributed by atoms with E-state index in [1.54, 1.807) is 12.1 Å². The molecule has 0 radical (unpaired) electrons. The van der Waals surface area contributed by atoms with Crippen LogP contribution in [0.2, 0.25) is 0 Å². The van der Waals surface area contributed by atoms with Gasteiger partial charge in [-0.15, -0.1) is 0 Å². The van der Waals surface area contributed by atoms with Crippen LogP contribution in [0.5, 0.6) is 5.75 Å².